The maximum Gasteiger partial charge on any atom is 0.392 e. The van der Waals surface area contributed by atoms with Crippen LogP contribution in [0.3, 0.4) is 0 Å². The Morgan fingerprint density at radius 3 is 2.66 bits per heavy atom. The second-order valence-electron chi connectivity index (χ2n) is 9.11. The average Bonchev–Trinajstić information content (AvgIpc) is 3.42. The van der Waals surface area contributed by atoms with E-state index in [0.29, 0.717) is 34.2 Å². The highest BCUT2D eigenvalue weighted by Gasteiger charge is 2.42. The number of nitrogens with one attached hydrogen (secondary N) is 1. The first-order chi connectivity index (χ1) is 16.7. The number of aryl methyl sites for hydroxylation is 3. The van der Waals surface area contributed by atoms with Gasteiger partial charge in [-0.3, -0.25) is 4.79 Å². The number of halogens is 4. The van der Waals surface area contributed by atoms with E-state index in [0.717, 1.165) is 42.0 Å². The van der Waals surface area contributed by atoms with Crippen LogP contribution in [0.2, 0.25) is 0 Å². The van der Waals surface area contributed by atoms with Gasteiger partial charge in [0.05, 0.1) is 11.6 Å². The van der Waals surface area contributed by atoms with Crippen molar-refractivity contribution in [1.29, 1.82) is 0 Å². The van der Waals surface area contributed by atoms with E-state index in [1.165, 1.54) is 0 Å². The Morgan fingerprint density at radius 2 is 1.94 bits per heavy atom. The summed E-state index contributed by atoms with van der Waals surface area (Å²) in [7, 11) is 0. The van der Waals surface area contributed by atoms with Gasteiger partial charge in [0.1, 0.15) is 17.3 Å². The van der Waals surface area contributed by atoms with E-state index >= 15 is 0 Å². The van der Waals surface area contributed by atoms with Gasteiger partial charge < -0.3 is 9.88 Å². The molecule has 11 heteroatoms. The number of fused-ring (bicyclic) bond motifs is 2. The molecule has 1 amide bonds. The lowest BCUT2D eigenvalue weighted by Gasteiger charge is -2.24. The van der Waals surface area contributed by atoms with Crippen LogP contribution in [0, 0.1) is 5.92 Å². The number of imidazole rings is 1. The standard InChI is InChI=1S/C24H26F3IN6O/c1-2-18-21(33-13-17(28)7-8-19(33)30-18)23(35)29-12-14-3-5-15(6-4-14)22-31-20-11-16(24(25,26)27)9-10-34(20)32-22/h3-6,16-17H,2,7-13H2,1H3,(H,29,35)/t16-,17-/m0/s1. The molecule has 35 heavy (non-hydrogen) atoms. The van der Waals surface area contributed by atoms with Crippen molar-refractivity contribution in [3.63, 3.8) is 0 Å². The first-order valence-electron chi connectivity index (χ1n) is 11.8. The highest BCUT2D eigenvalue weighted by atomic mass is 127. The van der Waals surface area contributed by atoms with Gasteiger partial charge in [0.2, 0.25) is 0 Å². The number of rotatable bonds is 5. The third-order valence-corrected chi connectivity index (χ3v) is 7.74. The summed E-state index contributed by atoms with van der Waals surface area (Å²) < 4.78 is 43.4. The van der Waals surface area contributed by atoms with Crippen LogP contribution in [0.15, 0.2) is 24.3 Å². The molecule has 0 spiro atoms. The zero-order valence-electron chi connectivity index (χ0n) is 19.3. The minimum atomic E-state index is -4.21. The van der Waals surface area contributed by atoms with Crippen molar-refractivity contribution in [3.05, 3.63) is 52.9 Å². The fourth-order valence-electron chi connectivity index (χ4n) is 4.76. The lowest BCUT2D eigenvalue weighted by Crippen LogP contribution is -2.31. The van der Waals surface area contributed by atoms with Crippen molar-refractivity contribution in [2.75, 3.05) is 0 Å². The molecule has 186 valence electrons. The van der Waals surface area contributed by atoms with Crippen LogP contribution in [-0.4, -0.2) is 40.3 Å². The van der Waals surface area contributed by atoms with Gasteiger partial charge in [-0.25, -0.2) is 14.6 Å². The average molecular weight is 598 g/mol. The SMILES string of the molecule is CCc1nc2n(c1C(=O)NCc1ccc(-c3nc4n(n3)CC[C@H](C(F)(F)F)C4)cc1)C[C@@H](I)CC2. The second-order valence-corrected chi connectivity index (χ2v) is 10.9. The van der Waals surface area contributed by atoms with Crippen LogP contribution in [-0.2, 0) is 38.9 Å². The molecule has 0 saturated carbocycles. The first-order valence-corrected chi connectivity index (χ1v) is 13.1. The minimum Gasteiger partial charge on any atom is -0.347 e. The second kappa shape index (κ2) is 9.55. The third kappa shape index (κ3) is 4.96. The van der Waals surface area contributed by atoms with Gasteiger partial charge in [-0.05, 0) is 24.8 Å². The van der Waals surface area contributed by atoms with E-state index in [-0.39, 0.29) is 25.3 Å². The molecule has 1 N–H and O–H groups in total. The van der Waals surface area contributed by atoms with E-state index < -0.39 is 12.1 Å². The van der Waals surface area contributed by atoms with Crippen molar-refractivity contribution in [2.45, 2.75) is 68.8 Å². The molecule has 3 aromatic rings. The molecule has 0 aliphatic carbocycles. The summed E-state index contributed by atoms with van der Waals surface area (Å²) in [6.45, 7) is 3.38. The first kappa shape index (κ1) is 24.3. The van der Waals surface area contributed by atoms with E-state index in [9.17, 15) is 18.0 Å². The summed E-state index contributed by atoms with van der Waals surface area (Å²) in [5, 5.41) is 7.41. The molecular formula is C24H26F3IN6O. The van der Waals surface area contributed by atoms with E-state index in [4.69, 9.17) is 4.98 Å². The molecule has 2 aliphatic rings. The Balaban J connectivity index is 1.26. The molecule has 0 saturated heterocycles. The highest BCUT2D eigenvalue weighted by molar-refractivity contribution is 14.1. The lowest BCUT2D eigenvalue weighted by molar-refractivity contribution is -0.179. The number of amides is 1. The van der Waals surface area contributed by atoms with Crippen molar-refractivity contribution in [2.24, 2.45) is 5.92 Å². The molecule has 7 nitrogen and oxygen atoms in total. The fourth-order valence-corrected chi connectivity index (χ4v) is 5.47. The minimum absolute atomic E-state index is 0.0244. The molecule has 5 rings (SSSR count). The maximum absolute atomic E-state index is 13.1. The number of aromatic nitrogens is 5. The van der Waals surface area contributed by atoms with Gasteiger partial charge in [0.15, 0.2) is 5.82 Å². The fraction of sp³-hybridized carbons (Fsp3) is 0.500. The maximum atomic E-state index is 13.1. The Hall–Kier alpha value is -2.44. The van der Waals surface area contributed by atoms with Crippen molar-refractivity contribution in [3.8, 4) is 11.4 Å². The largest absolute Gasteiger partial charge is 0.392 e. The van der Waals surface area contributed by atoms with Crippen LogP contribution in [0.25, 0.3) is 11.4 Å². The Bertz CT molecular complexity index is 1230. The molecule has 2 aliphatic heterocycles. The number of carbonyl (C=O) groups excluding carboxylic acids is 1. The normalized spacial score (nSPS) is 19.8. The lowest BCUT2D eigenvalue weighted by atomic mass is 9.98. The van der Waals surface area contributed by atoms with Gasteiger partial charge in [-0.1, -0.05) is 53.8 Å². The molecular weight excluding hydrogens is 572 g/mol. The number of benzene rings is 1. The van der Waals surface area contributed by atoms with Crippen LogP contribution >= 0.6 is 22.6 Å². The predicted molar refractivity (Wildman–Crippen MR) is 132 cm³/mol. The van der Waals surface area contributed by atoms with Crippen molar-refractivity contribution >= 4 is 28.5 Å². The number of carbonyl (C=O) groups is 1. The van der Waals surface area contributed by atoms with E-state index in [1.807, 2.05) is 31.2 Å². The van der Waals surface area contributed by atoms with Gasteiger partial charge in [-0.2, -0.15) is 18.3 Å². The molecule has 0 fully saturated rings. The Morgan fingerprint density at radius 1 is 1.17 bits per heavy atom. The molecule has 0 bridgehead atoms. The van der Waals surface area contributed by atoms with Crippen LogP contribution in [0.5, 0.6) is 0 Å². The highest BCUT2D eigenvalue weighted by Crippen LogP contribution is 2.35. The molecule has 0 unspecified atom stereocenters. The third-order valence-electron chi connectivity index (χ3n) is 6.73. The summed E-state index contributed by atoms with van der Waals surface area (Å²) in [5.41, 5.74) is 3.13. The number of hydrogen-bond acceptors (Lipinski definition) is 4. The summed E-state index contributed by atoms with van der Waals surface area (Å²) in [6, 6.07) is 7.43. The van der Waals surface area contributed by atoms with Gasteiger partial charge >= 0.3 is 6.18 Å². The zero-order valence-corrected chi connectivity index (χ0v) is 21.4. The zero-order chi connectivity index (χ0) is 24.7. The molecule has 0 radical (unpaired) electrons. The summed E-state index contributed by atoms with van der Waals surface area (Å²) in [4.78, 5) is 22.1. The molecule has 4 heterocycles. The number of alkyl halides is 4. The molecule has 2 atom stereocenters. The van der Waals surface area contributed by atoms with Crippen LogP contribution in [0.1, 0.15) is 53.2 Å². The quantitative estimate of drug-likeness (QED) is 0.347. The summed E-state index contributed by atoms with van der Waals surface area (Å²) in [5.74, 6) is 0.286. The van der Waals surface area contributed by atoms with Gasteiger partial charge in [0, 0.05) is 42.0 Å². The van der Waals surface area contributed by atoms with Crippen LogP contribution < -0.4 is 5.32 Å². The van der Waals surface area contributed by atoms with Gasteiger partial charge in [-0.15, -0.1) is 0 Å². The van der Waals surface area contributed by atoms with Gasteiger partial charge in [0.25, 0.3) is 5.91 Å². The summed E-state index contributed by atoms with van der Waals surface area (Å²) in [6.07, 6.45) is -1.67. The predicted octanol–water partition coefficient (Wildman–Crippen LogP) is 4.51. The Labute approximate surface area is 214 Å². The summed E-state index contributed by atoms with van der Waals surface area (Å²) >= 11 is 2.43. The molecule has 2 aromatic heterocycles. The number of nitrogens with zero attached hydrogens (tertiary/aromatic N) is 5. The number of hydrogen-bond donors (Lipinski definition) is 1. The van der Waals surface area contributed by atoms with E-state index in [2.05, 4.69) is 42.6 Å². The van der Waals surface area contributed by atoms with Crippen molar-refractivity contribution < 1.29 is 18.0 Å². The Kier molecular flexibility index (Phi) is 6.62. The monoisotopic (exact) mass is 598 g/mol. The molecule has 1 aromatic carbocycles. The van der Waals surface area contributed by atoms with Crippen LogP contribution in [0.4, 0.5) is 13.2 Å². The topological polar surface area (TPSA) is 77.6 Å². The smallest absolute Gasteiger partial charge is 0.347 e. The van der Waals surface area contributed by atoms with Crippen molar-refractivity contribution in [1.82, 2.24) is 29.6 Å². The van der Waals surface area contributed by atoms with E-state index in [1.54, 1.807) is 4.68 Å².